The summed E-state index contributed by atoms with van der Waals surface area (Å²) in [6.07, 6.45) is 1.86. The minimum absolute atomic E-state index is 0.0622. The molecule has 4 rings (SSSR count). The molecule has 1 saturated heterocycles. The molecule has 114 valence electrons. The second kappa shape index (κ2) is 5.66. The van der Waals surface area contributed by atoms with Crippen molar-refractivity contribution in [2.24, 2.45) is 0 Å². The summed E-state index contributed by atoms with van der Waals surface area (Å²) in [5.41, 5.74) is 2.75. The van der Waals surface area contributed by atoms with Gasteiger partial charge in [0.05, 0.1) is 31.0 Å². The Morgan fingerprint density at radius 3 is 2.91 bits per heavy atom. The van der Waals surface area contributed by atoms with E-state index < -0.39 is 0 Å². The van der Waals surface area contributed by atoms with Crippen LogP contribution in [0.5, 0.6) is 0 Å². The van der Waals surface area contributed by atoms with Crippen LogP contribution in [-0.4, -0.2) is 47.1 Å². The van der Waals surface area contributed by atoms with Crippen molar-refractivity contribution in [3.8, 4) is 0 Å². The fourth-order valence-electron chi connectivity index (χ4n) is 2.77. The molecule has 1 fully saturated rings. The number of hydrogen-bond acceptors (Lipinski definition) is 6. The summed E-state index contributed by atoms with van der Waals surface area (Å²) in [6, 6.07) is 1.86. The smallest absolute Gasteiger partial charge is 0.255 e. The van der Waals surface area contributed by atoms with Crippen molar-refractivity contribution in [2.45, 2.75) is 13.1 Å². The summed E-state index contributed by atoms with van der Waals surface area (Å²) in [7, 11) is 0. The van der Waals surface area contributed by atoms with Crippen LogP contribution in [0.2, 0.25) is 0 Å². The van der Waals surface area contributed by atoms with Gasteiger partial charge in [0.1, 0.15) is 0 Å². The molecule has 0 bridgehead atoms. The highest BCUT2D eigenvalue weighted by Crippen LogP contribution is 2.24. The van der Waals surface area contributed by atoms with E-state index in [1.54, 1.807) is 0 Å². The summed E-state index contributed by atoms with van der Waals surface area (Å²) < 4.78 is 5.35. The predicted octanol–water partition coefficient (Wildman–Crippen LogP) is 1.53. The average molecular weight is 316 g/mol. The maximum Gasteiger partial charge on any atom is 0.255 e. The van der Waals surface area contributed by atoms with Crippen molar-refractivity contribution in [1.82, 2.24) is 14.9 Å². The normalized spacial score (nSPS) is 17.6. The fraction of sp³-hybridized carbons (Fsp3) is 0.400. The molecule has 7 heteroatoms. The van der Waals surface area contributed by atoms with Crippen LogP contribution in [0.1, 0.15) is 21.6 Å². The minimum Gasteiger partial charge on any atom is -0.378 e. The van der Waals surface area contributed by atoms with E-state index in [-0.39, 0.29) is 5.91 Å². The number of carbonyl (C=O) groups excluding carboxylic acids is 1. The van der Waals surface area contributed by atoms with E-state index in [9.17, 15) is 4.79 Å². The Hall–Kier alpha value is -1.99. The Balaban J connectivity index is 1.52. The van der Waals surface area contributed by atoms with E-state index >= 15 is 0 Å². The van der Waals surface area contributed by atoms with Gasteiger partial charge < -0.3 is 14.5 Å². The van der Waals surface area contributed by atoms with E-state index in [4.69, 9.17) is 4.74 Å². The van der Waals surface area contributed by atoms with E-state index in [2.05, 4.69) is 14.9 Å². The number of ether oxygens (including phenoxy) is 1. The van der Waals surface area contributed by atoms with Gasteiger partial charge in [0.2, 0.25) is 5.95 Å². The molecule has 0 spiro atoms. The van der Waals surface area contributed by atoms with Crippen LogP contribution in [0.3, 0.4) is 0 Å². The van der Waals surface area contributed by atoms with Crippen molar-refractivity contribution in [1.29, 1.82) is 0 Å². The van der Waals surface area contributed by atoms with Gasteiger partial charge in [-0.1, -0.05) is 0 Å². The second-order valence-electron chi connectivity index (χ2n) is 5.41. The maximum absolute atomic E-state index is 12.4. The Bertz CT molecular complexity index is 683. The molecule has 0 atom stereocenters. The van der Waals surface area contributed by atoms with Gasteiger partial charge in [0, 0.05) is 36.8 Å². The summed E-state index contributed by atoms with van der Waals surface area (Å²) in [5.74, 6) is 0.805. The molecule has 2 aliphatic rings. The van der Waals surface area contributed by atoms with Crippen LogP contribution in [0.25, 0.3) is 0 Å². The lowest BCUT2D eigenvalue weighted by Gasteiger charge is -2.26. The highest BCUT2D eigenvalue weighted by Gasteiger charge is 2.27. The summed E-state index contributed by atoms with van der Waals surface area (Å²) in [6.45, 7) is 4.20. The molecular formula is C15H16N4O2S. The molecule has 0 unspecified atom stereocenters. The zero-order valence-corrected chi connectivity index (χ0v) is 12.9. The first-order valence-corrected chi connectivity index (χ1v) is 8.24. The molecular weight excluding hydrogens is 300 g/mol. The van der Waals surface area contributed by atoms with E-state index in [1.807, 2.05) is 27.9 Å². The first-order chi connectivity index (χ1) is 10.8. The quantitative estimate of drug-likeness (QED) is 0.841. The molecule has 0 saturated carbocycles. The SMILES string of the molecule is O=C(c1ccsc1)N1Cc2cnc(N3CCOCC3)nc2C1. The molecule has 0 N–H and O–H groups in total. The topological polar surface area (TPSA) is 58.6 Å². The molecule has 1 amide bonds. The monoisotopic (exact) mass is 316 g/mol. The highest BCUT2D eigenvalue weighted by molar-refractivity contribution is 7.08. The molecule has 6 nitrogen and oxygen atoms in total. The molecule has 22 heavy (non-hydrogen) atoms. The maximum atomic E-state index is 12.4. The minimum atomic E-state index is 0.0622. The van der Waals surface area contributed by atoms with Crippen LogP contribution in [-0.2, 0) is 17.8 Å². The van der Waals surface area contributed by atoms with Gasteiger partial charge in [0.25, 0.3) is 5.91 Å². The molecule has 0 radical (unpaired) electrons. The first kappa shape index (κ1) is 13.7. The van der Waals surface area contributed by atoms with Crippen molar-refractivity contribution in [3.05, 3.63) is 39.8 Å². The summed E-state index contributed by atoms with van der Waals surface area (Å²) in [5, 5.41) is 3.81. The average Bonchev–Trinajstić information content (AvgIpc) is 3.23. The lowest BCUT2D eigenvalue weighted by Crippen LogP contribution is -2.37. The van der Waals surface area contributed by atoms with Gasteiger partial charge in [-0.25, -0.2) is 9.97 Å². The van der Waals surface area contributed by atoms with E-state index in [1.165, 1.54) is 11.3 Å². The van der Waals surface area contributed by atoms with E-state index in [0.717, 1.165) is 35.9 Å². The number of anilines is 1. The van der Waals surface area contributed by atoms with E-state index in [0.29, 0.717) is 26.3 Å². The molecule has 0 aliphatic carbocycles. The number of aromatic nitrogens is 2. The number of hydrogen-bond donors (Lipinski definition) is 0. The van der Waals surface area contributed by atoms with Crippen molar-refractivity contribution < 1.29 is 9.53 Å². The number of fused-ring (bicyclic) bond motifs is 1. The van der Waals surface area contributed by atoms with Crippen molar-refractivity contribution in [2.75, 3.05) is 31.2 Å². The number of thiophene rings is 1. The number of rotatable bonds is 2. The molecule has 2 aliphatic heterocycles. The van der Waals surface area contributed by atoms with Crippen LogP contribution < -0.4 is 4.90 Å². The molecule has 2 aromatic rings. The van der Waals surface area contributed by atoms with Gasteiger partial charge in [-0.05, 0) is 11.4 Å². The molecule has 2 aromatic heterocycles. The largest absolute Gasteiger partial charge is 0.378 e. The van der Waals surface area contributed by atoms with Crippen LogP contribution in [0.4, 0.5) is 5.95 Å². The van der Waals surface area contributed by atoms with Gasteiger partial charge in [-0.2, -0.15) is 11.3 Å². The van der Waals surface area contributed by atoms with Crippen molar-refractivity contribution >= 4 is 23.2 Å². The van der Waals surface area contributed by atoms with Crippen LogP contribution >= 0.6 is 11.3 Å². The molecule has 4 heterocycles. The Labute approximate surface area is 132 Å². The third-order valence-corrected chi connectivity index (χ3v) is 4.68. The molecule has 0 aromatic carbocycles. The third kappa shape index (κ3) is 2.46. The van der Waals surface area contributed by atoms with Crippen molar-refractivity contribution in [3.63, 3.8) is 0 Å². The highest BCUT2D eigenvalue weighted by atomic mass is 32.1. The standard InChI is InChI=1S/C15H16N4O2S/c20-14(11-1-6-22-10-11)19-8-12-7-16-15(17-13(12)9-19)18-2-4-21-5-3-18/h1,6-7,10H,2-5,8-9H2. The van der Waals surface area contributed by atoms with Crippen LogP contribution in [0.15, 0.2) is 23.0 Å². The van der Waals surface area contributed by atoms with Crippen LogP contribution in [0, 0.1) is 0 Å². The predicted molar refractivity (Wildman–Crippen MR) is 83.0 cm³/mol. The number of carbonyl (C=O) groups is 1. The lowest BCUT2D eigenvalue weighted by atomic mass is 10.3. The third-order valence-electron chi connectivity index (χ3n) is 3.99. The lowest BCUT2D eigenvalue weighted by molar-refractivity contribution is 0.0751. The summed E-state index contributed by atoms with van der Waals surface area (Å²) >= 11 is 1.54. The zero-order chi connectivity index (χ0) is 14.9. The fourth-order valence-corrected chi connectivity index (χ4v) is 3.40. The van der Waals surface area contributed by atoms with Gasteiger partial charge in [0.15, 0.2) is 0 Å². The van der Waals surface area contributed by atoms with Gasteiger partial charge >= 0.3 is 0 Å². The summed E-state index contributed by atoms with van der Waals surface area (Å²) in [4.78, 5) is 25.5. The number of amides is 1. The Kier molecular flexibility index (Phi) is 3.51. The van der Waals surface area contributed by atoms with Gasteiger partial charge in [-0.3, -0.25) is 4.79 Å². The Morgan fingerprint density at radius 1 is 1.27 bits per heavy atom. The second-order valence-corrected chi connectivity index (χ2v) is 6.19. The number of morpholine rings is 1. The zero-order valence-electron chi connectivity index (χ0n) is 12.1. The number of nitrogens with zero attached hydrogens (tertiary/aromatic N) is 4. The van der Waals surface area contributed by atoms with Gasteiger partial charge in [-0.15, -0.1) is 0 Å². The Morgan fingerprint density at radius 2 is 2.14 bits per heavy atom. The first-order valence-electron chi connectivity index (χ1n) is 7.30.